The Morgan fingerprint density at radius 3 is 2.62 bits per heavy atom. The van der Waals surface area contributed by atoms with Gasteiger partial charge >= 0.3 is 0 Å². The standard InChI is InChI=1S/C17H13FN6O5/c1-9-20-21-22-23(9)10-2-3-12(18)13(6-10)19-17(25)11-7-15-16(29-5-4-28-15)8-14(11)24(26)27/h2-3,6-8H,4-5H2,1H3,(H,19,25). The summed E-state index contributed by atoms with van der Waals surface area (Å²) in [7, 11) is 0. The zero-order valence-electron chi connectivity index (χ0n) is 15.0. The largest absolute Gasteiger partial charge is 0.486 e. The quantitative estimate of drug-likeness (QED) is 0.519. The van der Waals surface area contributed by atoms with E-state index in [2.05, 4.69) is 20.8 Å². The van der Waals surface area contributed by atoms with Gasteiger partial charge in [0.2, 0.25) is 0 Å². The van der Waals surface area contributed by atoms with Gasteiger partial charge in [-0.2, -0.15) is 4.68 Å². The summed E-state index contributed by atoms with van der Waals surface area (Å²) in [6, 6.07) is 6.20. The lowest BCUT2D eigenvalue weighted by Crippen LogP contribution is -2.19. The van der Waals surface area contributed by atoms with Crippen LogP contribution in [0.5, 0.6) is 11.5 Å². The van der Waals surface area contributed by atoms with Gasteiger partial charge in [0.1, 0.15) is 24.6 Å². The molecular formula is C17H13FN6O5. The fraction of sp³-hybridized carbons (Fsp3) is 0.176. The topological polar surface area (TPSA) is 134 Å². The van der Waals surface area contributed by atoms with Gasteiger partial charge in [0.25, 0.3) is 11.6 Å². The highest BCUT2D eigenvalue weighted by Crippen LogP contribution is 2.37. The molecular weight excluding hydrogens is 387 g/mol. The predicted molar refractivity (Wildman–Crippen MR) is 95.9 cm³/mol. The van der Waals surface area contributed by atoms with Gasteiger partial charge in [0.15, 0.2) is 17.3 Å². The van der Waals surface area contributed by atoms with Gasteiger partial charge in [-0.1, -0.05) is 0 Å². The van der Waals surface area contributed by atoms with Crippen molar-refractivity contribution in [1.29, 1.82) is 0 Å². The highest BCUT2D eigenvalue weighted by atomic mass is 19.1. The van der Waals surface area contributed by atoms with E-state index >= 15 is 0 Å². The molecule has 0 bridgehead atoms. The summed E-state index contributed by atoms with van der Waals surface area (Å²) in [4.78, 5) is 23.4. The molecule has 0 radical (unpaired) electrons. The van der Waals surface area contributed by atoms with Crippen molar-refractivity contribution in [2.75, 3.05) is 18.5 Å². The molecule has 1 N–H and O–H groups in total. The maximum atomic E-state index is 14.3. The Kier molecular flexibility index (Phi) is 4.50. The first kappa shape index (κ1) is 18.3. The Morgan fingerprint density at radius 2 is 1.97 bits per heavy atom. The lowest BCUT2D eigenvalue weighted by Gasteiger charge is -2.19. The molecule has 0 fully saturated rings. The maximum absolute atomic E-state index is 14.3. The molecule has 2 aromatic carbocycles. The number of carbonyl (C=O) groups is 1. The molecule has 0 aliphatic carbocycles. The van der Waals surface area contributed by atoms with Crippen LogP contribution in [-0.4, -0.2) is 44.3 Å². The Morgan fingerprint density at radius 1 is 1.24 bits per heavy atom. The Labute approximate surface area is 162 Å². The van der Waals surface area contributed by atoms with Crippen LogP contribution in [0.1, 0.15) is 16.2 Å². The number of aromatic nitrogens is 4. The molecule has 0 spiro atoms. The minimum atomic E-state index is -0.877. The van der Waals surface area contributed by atoms with E-state index in [-0.39, 0.29) is 36.0 Å². The molecule has 3 aromatic rings. The van der Waals surface area contributed by atoms with Crippen molar-refractivity contribution in [2.45, 2.75) is 6.92 Å². The SMILES string of the molecule is Cc1nnnn1-c1ccc(F)c(NC(=O)c2cc3c(cc2[N+](=O)[O-])OCCO3)c1. The number of amides is 1. The number of halogens is 1. The molecule has 0 unspecified atom stereocenters. The highest BCUT2D eigenvalue weighted by Gasteiger charge is 2.27. The number of rotatable bonds is 4. The van der Waals surface area contributed by atoms with E-state index in [1.54, 1.807) is 6.92 Å². The number of tetrazole rings is 1. The van der Waals surface area contributed by atoms with E-state index in [4.69, 9.17) is 9.47 Å². The second-order valence-corrected chi connectivity index (χ2v) is 6.03. The second kappa shape index (κ2) is 7.14. The molecule has 1 aliphatic rings. The van der Waals surface area contributed by atoms with Crippen LogP contribution < -0.4 is 14.8 Å². The van der Waals surface area contributed by atoms with Gasteiger partial charge in [-0.05, 0) is 35.5 Å². The Bertz CT molecular complexity index is 1130. The summed E-state index contributed by atoms with van der Waals surface area (Å²) in [5.41, 5.74) is -0.560. The van der Waals surface area contributed by atoms with Gasteiger partial charge in [0, 0.05) is 6.07 Å². The fourth-order valence-corrected chi connectivity index (χ4v) is 2.81. The average molecular weight is 400 g/mol. The van der Waals surface area contributed by atoms with Crippen molar-refractivity contribution < 1.29 is 23.6 Å². The summed E-state index contributed by atoms with van der Waals surface area (Å²) in [5.74, 6) is -0.782. The number of benzene rings is 2. The first-order valence-corrected chi connectivity index (χ1v) is 8.38. The van der Waals surface area contributed by atoms with Crippen molar-refractivity contribution in [2.24, 2.45) is 0 Å². The number of nitrogens with zero attached hydrogens (tertiary/aromatic N) is 5. The van der Waals surface area contributed by atoms with Crippen molar-refractivity contribution in [3.8, 4) is 17.2 Å². The van der Waals surface area contributed by atoms with E-state index < -0.39 is 22.3 Å². The van der Waals surface area contributed by atoms with Crippen LogP contribution in [-0.2, 0) is 0 Å². The van der Waals surface area contributed by atoms with Crippen LogP contribution in [0.15, 0.2) is 30.3 Å². The first-order valence-electron chi connectivity index (χ1n) is 8.38. The number of nitrogens with one attached hydrogen (secondary N) is 1. The zero-order chi connectivity index (χ0) is 20.5. The van der Waals surface area contributed by atoms with Crippen LogP contribution in [0.4, 0.5) is 15.8 Å². The number of aryl methyl sites for hydroxylation is 1. The van der Waals surface area contributed by atoms with E-state index in [1.165, 1.54) is 22.9 Å². The molecule has 0 saturated carbocycles. The summed E-state index contributed by atoms with van der Waals surface area (Å²) in [5, 5.41) is 24.8. The van der Waals surface area contributed by atoms with E-state index in [1.807, 2.05) is 0 Å². The van der Waals surface area contributed by atoms with E-state index in [9.17, 15) is 19.3 Å². The molecule has 0 saturated heterocycles. The summed E-state index contributed by atoms with van der Waals surface area (Å²) < 4.78 is 26.3. The molecule has 11 nitrogen and oxygen atoms in total. The lowest BCUT2D eigenvalue weighted by molar-refractivity contribution is -0.385. The highest BCUT2D eigenvalue weighted by molar-refractivity contribution is 6.07. The molecule has 1 aromatic heterocycles. The van der Waals surface area contributed by atoms with Gasteiger partial charge in [-0.15, -0.1) is 5.10 Å². The van der Waals surface area contributed by atoms with Gasteiger partial charge in [-0.25, -0.2) is 4.39 Å². The number of hydrogen-bond donors (Lipinski definition) is 1. The number of carbonyl (C=O) groups excluding carboxylic acids is 1. The smallest absolute Gasteiger partial charge is 0.286 e. The lowest BCUT2D eigenvalue weighted by atomic mass is 10.1. The predicted octanol–water partition coefficient (Wildman–Crippen LogP) is 2.04. The van der Waals surface area contributed by atoms with Crippen LogP contribution in [0, 0.1) is 22.9 Å². The molecule has 1 aliphatic heterocycles. The van der Waals surface area contributed by atoms with Crippen LogP contribution in [0.2, 0.25) is 0 Å². The summed E-state index contributed by atoms with van der Waals surface area (Å²) >= 11 is 0. The molecule has 29 heavy (non-hydrogen) atoms. The summed E-state index contributed by atoms with van der Waals surface area (Å²) in [6.07, 6.45) is 0. The van der Waals surface area contributed by atoms with Gasteiger partial charge in [-0.3, -0.25) is 14.9 Å². The molecule has 2 heterocycles. The van der Waals surface area contributed by atoms with Crippen molar-refractivity contribution in [3.05, 3.63) is 57.7 Å². The number of hydrogen-bond acceptors (Lipinski definition) is 8. The Balaban J connectivity index is 1.70. The minimum absolute atomic E-state index is 0.168. The summed E-state index contributed by atoms with van der Waals surface area (Å²) in [6.45, 7) is 2.14. The van der Waals surface area contributed by atoms with Crippen LogP contribution >= 0.6 is 0 Å². The third kappa shape index (κ3) is 3.42. The number of ether oxygens (including phenoxy) is 2. The van der Waals surface area contributed by atoms with Crippen LogP contribution in [0.3, 0.4) is 0 Å². The number of fused-ring (bicyclic) bond motifs is 1. The average Bonchev–Trinajstić information content (AvgIpc) is 3.14. The van der Waals surface area contributed by atoms with E-state index in [0.29, 0.717) is 11.5 Å². The number of anilines is 1. The normalized spacial score (nSPS) is 12.5. The second-order valence-electron chi connectivity index (χ2n) is 6.03. The van der Waals surface area contributed by atoms with Crippen molar-refractivity contribution in [1.82, 2.24) is 20.2 Å². The van der Waals surface area contributed by atoms with Crippen LogP contribution in [0.25, 0.3) is 5.69 Å². The molecule has 1 amide bonds. The molecule has 0 atom stereocenters. The third-order valence-electron chi connectivity index (χ3n) is 4.17. The zero-order valence-corrected chi connectivity index (χ0v) is 15.0. The van der Waals surface area contributed by atoms with Crippen molar-refractivity contribution >= 4 is 17.3 Å². The number of nitro groups is 1. The molecule has 4 rings (SSSR count). The molecule has 12 heteroatoms. The van der Waals surface area contributed by atoms with Gasteiger partial charge in [0.05, 0.1) is 22.4 Å². The van der Waals surface area contributed by atoms with Crippen molar-refractivity contribution in [3.63, 3.8) is 0 Å². The first-order chi connectivity index (χ1) is 13.9. The van der Waals surface area contributed by atoms with E-state index in [0.717, 1.165) is 12.1 Å². The minimum Gasteiger partial charge on any atom is -0.486 e. The Hall–Kier alpha value is -4.09. The maximum Gasteiger partial charge on any atom is 0.286 e. The van der Waals surface area contributed by atoms with Gasteiger partial charge < -0.3 is 14.8 Å². The molecule has 148 valence electrons. The fourth-order valence-electron chi connectivity index (χ4n) is 2.81. The number of nitro benzene ring substituents is 1. The monoisotopic (exact) mass is 400 g/mol. The third-order valence-corrected chi connectivity index (χ3v) is 4.17.